The van der Waals surface area contributed by atoms with Crippen molar-refractivity contribution in [1.29, 1.82) is 0 Å². The summed E-state index contributed by atoms with van der Waals surface area (Å²) < 4.78 is 24.4. The van der Waals surface area contributed by atoms with E-state index >= 15 is 0 Å². The quantitative estimate of drug-likeness (QED) is 0.224. The molecule has 0 aromatic heterocycles. The standard InChI is InChI=1S/C26H27N3O4/c27-29-28-26-25(32-18-22-14-8-3-9-15-22)24(31-17-21-12-6-2-7-13-21)23(33-26)19-30-16-20-10-4-1-5-11-20/h1-15,23-26H,16-19H2/t23-,24+,25+,26+/m1/s1. The van der Waals surface area contributed by atoms with E-state index in [1.165, 1.54) is 0 Å². The molecule has 170 valence electrons. The van der Waals surface area contributed by atoms with Gasteiger partial charge in [0.15, 0.2) is 6.23 Å². The Morgan fingerprint density at radius 3 is 1.70 bits per heavy atom. The van der Waals surface area contributed by atoms with Crippen molar-refractivity contribution in [3.8, 4) is 0 Å². The summed E-state index contributed by atoms with van der Waals surface area (Å²) in [4.78, 5) is 2.96. The van der Waals surface area contributed by atoms with E-state index in [-0.39, 0.29) is 6.61 Å². The Balaban J connectivity index is 1.46. The lowest BCUT2D eigenvalue weighted by Crippen LogP contribution is -2.38. The van der Waals surface area contributed by atoms with Crippen LogP contribution in [0.3, 0.4) is 0 Å². The van der Waals surface area contributed by atoms with Crippen LogP contribution in [-0.4, -0.2) is 31.1 Å². The van der Waals surface area contributed by atoms with Gasteiger partial charge in [0.05, 0.1) is 26.4 Å². The Bertz CT molecular complexity index is 1010. The van der Waals surface area contributed by atoms with Crippen molar-refractivity contribution < 1.29 is 18.9 Å². The maximum Gasteiger partial charge on any atom is 0.165 e. The number of azide groups is 1. The summed E-state index contributed by atoms with van der Waals surface area (Å²) in [5, 5.41) is 3.84. The van der Waals surface area contributed by atoms with Gasteiger partial charge in [-0.1, -0.05) is 96.1 Å². The highest BCUT2D eigenvalue weighted by Gasteiger charge is 2.46. The molecule has 1 aliphatic rings. The first-order valence-electron chi connectivity index (χ1n) is 11.0. The second-order valence-electron chi connectivity index (χ2n) is 7.79. The zero-order valence-electron chi connectivity index (χ0n) is 18.3. The van der Waals surface area contributed by atoms with Gasteiger partial charge in [-0.15, -0.1) is 0 Å². The third kappa shape index (κ3) is 6.65. The van der Waals surface area contributed by atoms with Crippen LogP contribution >= 0.6 is 0 Å². The van der Waals surface area contributed by atoms with E-state index in [1.54, 1.807) is 0 Å². The van der Waals surface area contributed by atoms with Gasteiger partial charge in [-0.05, 0) is 22.2 Å². The molecule has 7 heteroatoms. The van der Waals surface area contributed by atoms with E-state index in [0.717, 1.165) is 16.7 Å². The smallest absolute Gasteiger partial charge is 0.165 e. The van der Waals surface area contributed by atoms with Gasteiger partial charge in [-0.25, -0.2) is 0 Å². The molecular weight excluding hydrogens is 418 g/mol. The molecule has 0 aliphatic carbocycles. The summed E-state index contributed by atoms with van der Waals surface area (Å²) in [6.45, 7) is 1.48. The lowest BCUT2D eigenvalue weighted by Gasteiger charge is -2.24. The third-order valence-corrected chi connectivity index (χ3v) is 5.42. The summed E-state index contributed by atoms with van der Waals surface area (Å²) in [7, 11) is 0. The fraction of sp³-hybridized carbons (Fsp3) is 0.308. The first-order chi connectivity index (χ1) is 16.3. The Kier molecular flexibility index (Phi) is 8.47. The summed E-state index contributed by atoms with van der Waals surface area (Å²) in [6.07, 6.45) is -2.26. The molecule has 0 amide bonds. The normalized spacial score (nSPS) is 22.1. The molecule has 0 spiro atoms. The van der Waals surface area contributed by atoms with Crippen LogP contribution in [-0.2, 0) is 38.8 Å². The molecular formula is C26H27N3O4. The lowest BCUT2D eigenvalue weighted by atomic mass is 10.1. The fourth-order valence-corrected chi connectivity index (χ4v) is 3.77. The Morgan fingerprint density at radius 1 is 0.697 bits per heavy atom. The molecule has 1 saturated heterocycles. The van der Waals surface area contributed by atoms with Crippen LogP contribution in [0, 0.1) is 0 Å². The van der Waals surface area contributed by atoms with Crippen LogP contribution in [0.25, 0.3) is 10.4 Å². The van der Waals surface area contributed by atoms with Gasteiger partial charge >= 0.3 is 0 Å². The van der Waals surface area contributed by atoms with Gasteiger partial charge in [0.2, 0.25) is 0 Å². The first-order valence-corrected chi connectivity index (χ1v) is 11.0. The van der Waals surface area contributed by atoms with Gasteiger partial charge in [0, 0.05) is 4.91 Å². The van der Waals surface area contributed by atoms with Crippen molar-refractivity contribution in [2.24, 2.45) is 5.11 Å². The van der Waals surface area contributed by atoms with Crippen LogP contribution in [0.15, 0.2) is 96.1 Å². The van der Waals surface area contributed by atoms with Crippen LogP contribution in [0.4, 0.5) is 0 Å². The molecule has 0 unspecified atom stereocenters. The van der Waals surface area contributed by atoms with E-state index in [4.69, 9.17) is 24.5 Å². The monoisotopic (exact) mass is 445 g/mol. The maximum atomic E-state index is 9.09. The molecule has 1 heterocycles. The van der Waals surface area contributed by atoms with E-state index in [1.807, 2.05) is 91.0 Å². The molecule has 3 aromatic rings. The Labute approximate surface area is 193 Å². The molecule has 0 saturated carbocycles. The second-order valence-corrected chi connectivity index (χ2v) is 7.79. The summed E-state index contributed by atoms with van der Waals surface area (Å²) in [6, 6.07) is 29.7. The van der Waals surface area contributed by atoms with Crippen LogP contribution in [0.5, 0.6) is 0 Å². The average molecular weight is 446 g/mol. The predicted molar refractivity (Wildman–Crippen MR) is 124 cm³/mol. The fourth-order valence-electron chi connectivity index (χ4n) is 3.77. The van der Waals surface area contributed by atoms with Crippen molar-refractivity contribution in [3.05, 3.63) is 118 Å². The largest absolute Gasteiger partial charge is 0.374 e. The zero-order chi connectivity index (χ0) is 22.7. The Hall–Kier alpha value is -3.19. The number of ether oxygens (including phenoxy) is 4. The molecule has 33 heavy (non-hydrogen) atoms. The zero-order valence-corrected chi connectivity index (χ0v) is 18.3. The number of rotatable bonds is 11. The topological polar surface area (TPSA) is 85.7 Å². The lowest BCUT2D eigenvalue weighted by molar-refractivity contribution is -0.0897. The van der Waals surface area contributed by atoms with Gasteiger partial charge in [0.1, 0.15) is 18.3 Å². The molecule has 1 fully saturated rings. The van der Waals surface area contributed by atoms with E-state index < -0.39 is 24.5 Å². The van der Waals surface area contributed by atoms with Crippen molar-refractivity contribution in [1.82, 2.24) is 0 Å². The third-order valence-electron chi connectivity index (χ3n) is 5.42. The molecule has 3 aromatic carbocycles. The minimum absolute atomic E-state index is 0.289. The van der Waals surface area contributed by atoms with Crippen molar-refractivity contribution >= 4 is 0 Å². The van der Waals surface area contributed by atoms with Gasteiger partial charge in [-0.2, -0.15) is 0 Å². The second kappa shape index (κ2) is 12.2. The highest BCUT2D eigenvalue weighted by molar-refractivity contribution is 5.15. The average Bonchev–Trinajstić information content (AvgIpc) is 3.19. The summed E-state index contributed by atoms with van der Waals surface area (Å²) in [5.74, 6) is 0. The highest BCUT2D eigenvalue weighted by Crippen LogP contribution is 2.30. The molecule has 4 rings (SSSR count). The van der Waals surface area contributed by atoms with Gasteiger partial charge in [-0.3, -0.25) is 0 Å². The van der Waals surface area contributed by atoms with Gasteiger partial charge in [0.25, 0.3) is 0 Å². The number of hydrogen-bond donors (Lipinski definition) is 0. The first kappa shape index (κ1) is 23.0. The van der Waals surface area contributed by atoms with E-state index in [2.05, 4.69) is 10.0 Å². The number of benzene rings is 3. The Morgan fingerprint density at radius 2 is 1.18 bits per heavy atom. The molecule has 4 atom stereocenters. The molecule has 7 nitrogen and oxygen atoms in total. The van der Waals surface area contributed by atoms with Crippen LogP contribution < -0.4 is 0 Å². The number of nitrogens with zero attached hydrogens (tertiary/aromatic N) is 3. The van der Waals surface area contributed by atoms with Crippen molar-refractivity contribution in [2.75, 3.05) is 6.61 Å². The highest BCUT2D eigenvalue weighted by atomic mass is 16.6. The molecule has 1 aliphatic heterocycles. The number of hydrogen-bond acceptors (Lipinski definition) is 5. The predicted octanol–water partition coefficient (Wildman–Crippen LogP) is 5.41. The van der Waals surface area contributed by atoms with Gasteiger partial charge < -0.3 is 18.9 Å². The molecule has 0 N–H and O–H groups in total. The minimum atomic E-state index is -0.801. The van der Waals surface area contributed by atoms with E-state index in [9.17, 15) is 0 Å². The molecule has 0 bridgehead atoms. The van der Waals surface area contributed by atoms with Crippen molar-refractivity contribution in [2.45, 2.75) is 44.4 Å². The van der Waals surface area contributed by atoms with Crippen molar-refractivity contribution in [3.63, 3.8) is 0 Å². The SMILES string of the molecule is [N-]=[N+]=N[C@H]1O[C@H](COCc2ccccc2)[C@H](OCc2ccccc2)[C@@H]1OCc1ccccc1. The van der Waals surface area contributed by atoms with Crippen LogP contribution in [0.1, 0.15) is 16.7 Å². The molecule has 0 radical (unpaired) electrons. The van der Waals surface area contributed by atoms with E-state index in [0.29, 0.717) is 19.8 Å². The summed E-state index contributed by atoms with van der Waals surface area (Å²) in [5.41, 5.74) is 12.2. The minimum Gasteiger partial charge on any atom is -0.374 e. The summed E-state index contributed by atoms with van der Waals surface area (Å²) >= 11 is 0. The maximum absolute atomic E-state index is 9.09. The van der Waals surface area contributed by atoms with Crippen LogP contribution in [0.2, 0.25) is 0 Å².